The highest BCUT2D eigenvalue weighted by atomic mass is 16.7. The average molecular weight is 234 g/mol. The van der Waals surface area contributed by atoms with E-state index in [1.807, 2.05) is 0 Å². The number of aliphatic hydroxyl groups excluding tert-OH is 2. The second kappa shape index (κ2) is 3.94. The van der Waals surface area contributed by atoms with Gasteiger partial charge in [0.1, 0.15) is 24.4 Å². The van der Waals surface area contributed by atoms with Gasteiger partial charge < -0.3 is 29.5 Å². The van der Waals surface area contributed by atoms with Crippen molar-refractivity contribution < 1.29 is 34.3 Å². The number of rotatable bonds is 1. The number of carboxylic acids is 1. The van der Waals surface area contributed by atoms with Crippen molar-refractivity contribution in [2.45, 2.75) is 37.1 Å². The largest absolute Gasteiger partial charge is 0.477 e. The van der Waals surface area contributed by atoms with Crippen LogP contribution in [0.3, 0.4) is 0 Å². The SMILES string of the molecule is CC1(C(=O)O)OC[C@H]2OC[C@H](O)[C@@H](O)[C@H]2O1. The van der Waals surface area contributed by atoms with Crippen molar-refractivity contribution >= 4 is 5.97 Å². The van der Waals surface area contributed by atoms with E-state index in [9.17, 15) is 15.0 Å². The van der Waals surface area contributed by atoms with Gasteiger partial charge in [-0.3, -0.25) is 0 Å². The normalized spacial score (nSPS) is 48.4. The number of hydrogen-bond acceptors (Lipinski definition) is 6. The molecule has 0 amide bonds. The van der Waals surface area contributed by atoms with E-state index >= 15 is 0 Å². The van der Waals surface area contributed by atoms with E-state index in [2.05, 4.69) is 0 Å². The van der Waals surface area contributed by atoms with Gasteiger partial charge in [0.25, 0.3) is 5.79 Å². The maximum Gasteiger partial charge on any atom is 0.364 e. The molecule has 7 heteroatoms. The smallest absolute Gasteiger partial charge is 0.364 e. The van der Waals surface area contributed by atoms with Crippen molar-refractivity contribution in [1.82, 2.24) is 0 Å². The lowest BCUT2D eigenvalue weighted by atomic mass is 9.98. The summed E-state index contributed by atoms with van der Waals surface area (Å²) in [4.78, 5) is 10.9. The highest BCUT2D eigenvalue weighted by Crippen LogP contribution is 2.30. The Hall–Kier alpha value is -0.730. The lowest BCUT2D eigenvalue weighted by molar-refractivity contribution is -0.343. The number of carbonyl (C=O) groups is 1. The van der Waals surface area contributed by atoms with Crippen LogP contribution in [0.25, 0.3) is 0 Å². The average Bonchev–Trinajstić information content (AvgIpc) is 2.24. The fraction of sp³-hybridized carbons (Fsp3) is 0.889. The Kier molecular flexibility index (Phi) is 2.89. The number of ether oxygens (including phenoxy) is 3. The maximum atomic E-state index is 10.9. The maximum absolute atomic E-state index is 10.9. The first-order valence-electron chi connectivity index (χ1n) is 4.97. The van der Waals surface area contributed by atoms with Crippen LogP contribution in [0.2, 0.25) is 0 Å². The Balaban J connectivity index is 2.14. The molecule has 2 fully saturated rings. The molecule has 2 heterocycles. The second-order valence-electron chi connectivity index (χ2n) is 4.07. The van der Waals surface area contributed by atoms with Crippen LogP contribution >= 0.6 is 0 Å². The molecule has 0 spiro atoms. The van der Waals surface area contributed by atoms with Crippen LogP contribution in [0.1, 0.15) is 6.92 Å². The van der Waals surface area contributed by atoms with Crippen LogP contribution in [0.4, 0.5) is 0 Å². The summed E-state index contributed by atoms with van der Waals surface area (Å²) in [5.41, 5.74) is 0. The van der Waals surface area contributed by atoms with E-state index in [0.29, 0.717) is 0 Å². The molecule has 0 aliphatic carbocycles. The molecular formula is C9H14O7. The van der Waals surface area contributed by atoms with Gasteiger partial charge in [0.2, 0.25) is 0 Å². The van der Waals surface area contributed by atoms with Crippen LogP contribution in [-0.2, 0) is 19.0 Å². The minimum absolute atomic E-state index is 0.0112. The second-order valence-corrected chi connectivity index (χ2v) is 4.07. The highest BCUT2D eigenvalue weighted by Gasteiger charge is 2.51. The number of hydrogen-bond donors (Lipinski definition) is 3. The van der Waals surface area contributed by atoms with Gasteiger partial charge in [0.05, 0.1) is 13.2 Å². The van der Waals surface area contributed by atoms with Gasteiger partial charge in [-0.05, 0) is 0 Å². The molecule has 0 bridgehead atoms. The first-order valence-corrected chi connectivity index (χ1v) is 4.97. The molecule has 0 aromatic rings. The molecule has 5 atom stereocenters. The van der Waals surface area contributed by atoms with E-state index in [-0.39, 0.29) is 13.2 Å². The molecule has 0 aromatic heterocycles. The Labute approximate surface area is 91.5 Å². The van der Waals surface area contributed by atoms with Gasteiger partial charge in [0, 0.05) is 6.92 Å². The molecule has 0 aromatic carbocycles. The van der Waals surface area contributed by atoms with E-state index in [1.165, 1.54) is 6.92 Å². The lowest BCUT2D eigenvalue weighted by Gasteiger charge is -2.45. The van der Waals surface area contributed by atoms with Crippen molar-refractivity contribution in [2.24, 2.45) is 0 Å². The van der Waals surface area contributed by atoms with E-state index in [1.54, 1.807) is 0 Å². The summed E-state index contributed by atoms with van der Waals surface area (Å²) < 4.78 is 15.4. The molecule has 2 aliphatic rings. The van der Waals surface area contributed by atoms with Crippen molar-refractivity contribution in [3.05, 3.63) is 0 Å². The first kappa shape index (κ1) is 11.7. The predicted octanol–water partition coefficient (Wildman–Crippen LogP) is -1.68. The fourth-order valence-electron chi connectivity index (χ4n) is 1.79. The summed E-state index contributed by atoms with van der Waals surface area (Å²) >= 11 is 0. The van der Waals surface area contributed by atoms with Gasteiger partial charge in [0.15, 0.2) is 0 Å². The molecule has 0 radical (unpaired) electrons. The summed E-state index contributed by atoms with van der Waals surface area (Å²) in [5, 5.41) is 28.0. The number of aliphatic carboxylic acids is 1. The summed E-state index contributed by atoms with van der Waals surface area (Å²) in [5.74, 6) is -3.08. The van der Waals surface area contributed by atoms with E-state index < -0.39 is 36.2 Å². The summed E-state index contributed by atoms with van der Waals surface area (Å²) in [7, 11) is 0. The third kappa shape index (κ3) is 1.80. The molecule has 16 heavy (non-hydrogen) atoms. The minimum atomic E-state index is -1.80. The van der Waals surface area contributed by atoms with Crippen LogP contribution in [-0.4, -0.2) is 64.7 Å². The molecule has 92 valence electrons. The van der Waals surface area contributed by atoms with Crippen LogP contribution < -0.4 is 0 Å². The zero-order chi connectivity index (χ0) is 11.9. The van der Waals surface area contributed by atoms with E-state index in [4.69, 9.17) is 19.3 Å². The first-order chi connectivity index (χ1) is 7.44. The summed E-state index contributed by atoms with van der Waals surface area (Å²) in [6, 6.07) is 0. The molecule has 2 saturated heterocycles. The molecule has 7 nitrogen and oxygen atoms in total. The van der Waals surface area contributed by atoms with Crippen molar-refractivity contribution in [2.75, 3.05) is 13.2 Å². The molecule has 3 N–H and O–H groups in total. The fourth-order valence-corrected chi connectivity index (χ4v) is 1.79. The van der Waals surface area contributed by atoms with Gasteiger partial charge >= 0.3 is 5.97 Å². The number of fused-ring (bicyclic) bond motifs is 1. The number of aliphatic hydroxyl groups is 2. The van der Waals surface area contributed by atoms with Crippen molar-refractivity contribution in [1.29, 1.82) is 0 Å². The van der Waals surface area contributed by atoms with Gasteiger partial charge in [-0.1, -0.05) is 0 Å². The molecule has 1 unspecified atom stereocenters. The van der Waals surface area contributed by atoms with Crippen LogP contribution in [0, 0.1) is 0 Å². The molecule has 0 saturated carbocycles. The minimum Gasteiger partial charge on any atom is -0.477 e. The lowest BCUT2D eigenvalue weighted by Crippen LogP contribution is -2.63. The Morgan fingerprint density at radius 2 is 2.06 bits per heavy atom. The van der Waals surface area contributed by atoms with Crippen molar-refractivity contribution in [3.8, 4) is 0 Å². The third-order valence-electron chi connectivity index (χ3n) is 2.85. The quantitative estimate of drug-likeness (QED) is 0.497. The van der Waals surface area contributed by atoms with Crippen LogP contribution in [0.15, 0.2) is 0 Å². The van der Waals surface area contributed by atoms with E-state index in [0.717, 1.165) is 0 Å². The molecule has 2 aliphatic heterocycles. The third-order valence-corrected chi connectivity index (χ3v) is 2.85. The highest BCUT2D eigenvalue weighted by molar-refractivity contribution is 5.75. The Bertz CT molecular complexity index is 292. The zero-order valence-electron chi connectivity index (χ0n) is 8.70. The molecular weight excluding hydrogens is 220 g/mol. The van der Waals surface area contributed by atoms with Crippen LogP contribution in [0.5, 0.6) is 0 Å². The Morgan fingerprint density at radius 3 is 2.69 bits per heavy atom. The van der Waals surface area contributed by atoms with Gasteiger partial charge in [-0.25, -0.2) is 4.79 Å². The predicted molar refractivity (Wildman–Crippen MR) is 48.6 cm³/mol. The topological polar surface area (TPSA) is 105 Å². The monoisotopic (exact) mass is 234 g/mol. The van der Waals surface area contributed by atoms with Gasteiger partial charge in [-0.15, -0.1) is 0 Å². The summed E-state index contributed by atoms with van der Waals surface area (Å²) in [6.45, 7) is 1.25. The standard InChI is InChI=1S/C9H14O7/c1-9(8(12)13)15-3-5-7(16-9)6(11)4(10)2-14-5/h4-7,10-11H,2-3H2,1H3,(H,12,13)/t4-,5+,6+,7-,9?/m0/s1. The van der Waals surface area contributed by atoms with Crippen molar-refractivity contribution in [3.63, 3.8) is 0 Å². The summed E-state index contributed by atoms with van der Waals surface area (Å²) in [6.07, 6.45) is -3.68. The van der Waals surface area contributed by atoms with Gasteiger partial charge in [-0.2, -0.15) is 0 Å². The molecule has 2 rings (SSSR count). The Morgan fingerprint density at radius 1 is 1.38 bits per heavy atom. The zero-order valence-corrected chi connectivity index (χ0v) is 8.70. The number of carboxylic acid groups (broad SMARTS) is 1.